The molecule has 40 heavy (non-hydrogen) atoms. The van der Waals surface area contributed by atoms with Crippen LogP contribution >= 0.6 is 0 Å². The van der Waals surface area contributed by atoms with E-state index in [0.29, 0.717) is 10.9 Å². The van der Waals surface area contributed by atoms with Crippen LogP contribution in [0.5, 0.6) is 5.75 Å². The van der Waals surface area contributed by atoms with Gasteiger partial charge >= 0.3 is 11.7 Å². The van der Waals surface area contributed by atoms with Gasteiger partial charge in [-0.15, -0.1) is 0 Å². The van der Waals surface area contributed by atoms with E-state index in [2.05, 4.69) is 9.44 Å². The molecule has 1 amide bonds. The first-order valence-corrected chi connectivity index (χ1v) is 13.7. The lowest BCUT2D eigenvalue weighted by atomic mass is 9.97. The molecule has 12 heteroatoms. The molecule has 0 radical (unpaired) electrons. The second-order valence-corrected chi connectivity index (χ2v) is 10.8. The fourth-order valence-corrected chi connectivity index (χ4v) is 4.64. The first kappa shape index (κ1) is 28.6. The molecule has 0 fully saturated rings. The molecule has 4 rings (SSSR count). The summed E-state index contributed by atoms with van der Waals surface area (Å²) >= 11 is 0. The van der Waals surface area contributed by atoms with E-state index in [4.69, 9.17) is 9.15 Å². The highest BCUT2D eigenvalue weighted by atomic mass is 32.2. The smallest absolute Gasteiger partial charge is 0.414 e. The molecular weight excluding hydrogens is 539 g/mol. The number of fused-ring (bicyclic) bond motifs is 1. The molecule has 3 aromatic carbocycles. The molecule has 0 saturated carbocycles. The Balaban J connectivity index is 1.82. The summed E-state index contributed by atoms with van der Waals surface area (Å²) in [7, 11) is 2.20. The summed E-state index contributed by atoms with van der Waals surface area (Å²) in [5.41, 5.74) is 1.03. The zero-order valence-electron chi connectivity index (χ0n) is 22.4. The first-order chi connectivity index (χ1) is 19.0. The third-order valence-electron chi connectivity index (χ3n) is 6.21. The standard InChI is InChI=1S/C28H29FN4O6S/c1-30-40(36,37)31-24-12-8-9-18(26(24)29)15-22-23(17-33(4)19-10-6-5-7-11-19)21-14-13-20(38-28(35)32(2)3)16-25(21)39-27(22)34/h5-14,16,30-31H,15,17H2,1-4H3. The maximum Gasteiger partial charge on any atom is 0.414 e. The molecule has 1 heterocycles. The molecule has 4 aromatic rings. The molecular formula is C28H29FN4O6S. The van der Waals surface area contributed by atoms with E-state index in [1.54, 1.807) is 26.2 Å². The third kappa shape index (κ3) is 6.41. The number of nitrogens with one attached hydrogen (secondary N) is 2. The van der Waals surface area contributed by atoms with Crippen LogP contribution in [0.4, 0.5) is 20.6 Å². The van der Waals surface area contributed by atoms with Crippen molar-refractivity contribution in [1.29, 1.82) is 0 Å². The van der Waals surface area contributed by atoms with E-state index in [1.165, 1.54) is 36.2 Å². The second-order valence-electron chi connectivity index (χ2n) is 9.22. The number of anilines is 2. The van der Waals surface area contributed by atoms with Crippen LogP contribution in [0.15, 0.2) is 75.9 Å². The SMILES string of the molecule is CNS(=O)(=O)Nc1cccc(Cc2c(CN(C)c3ccccc3)c3ccc(OC(=O)N(C)C)cc3oc2=O)c1F. The number of carbonyl (C=O) groups excluding carboxylic acids is 1. The minimum atomic E-state index is -3.96. The van der Waals surface area contributed by atoms with Crippen molar-refractivity contribution in [2.75, 3.05) is 37.8 Å². The number of rotatable bonds is 9. The van der Waals surface area contributed by atoms with Crippen molar-refractivity contribution in [3.8, 4) is 5.75 Å². The van der Waals surface area contributed by atoms with Crippen molar-refractivity contribution in [3.63, 3.8) is 0 Å². The number of amides is 1. The van der Waals surface area contributed by atoms with E-state index < -0.39 is 27.7 Å². The maximum absolute atomic E-state index is 15.4. The number of nitrogens with zero attached hydrogens (tertiary/aromatic N) is 2. The molecule has 0 aliphatic rings. The van der Waals surface area contributed by atoms with Crippen LogP contribution in [0, 0.1) is 5.82 Å². The summed E-state index contributed by atoms with van der Waals surface area (Å²) in [5.74, 6) is -0.617. The monoisotopic (exact) mass is 568 g/mol. The van der Waals surface area contributed by atoms with Crippen LogP contribution in [-0.2, 0) is 23.2 Å². The number of hydrogen-bond donors (Lipinski definition) is 2. The Hall–Kier alpha value is -4.42. The Bertz CT molecular complexity index is 1710. The lowest BCUT2D eigenvalue weighted by molar-refractivity contribution is 0.172. The highest BCUT2D eigenvalue weighted by Crippen LogP contribution is 2.29. The molecule has 0 atom stereocenters. The molecule has 1 aromatic heterocycles. The minimum Gasteiger partial charge on any atom is -0.422 e. The average molecular weight is 569 g/mol. The quantitative estimate of drug-likeness (QED) is 0.292. The van der Waals surface area contributed by atoms with Gasteiger partial charge in [0.2, 0.25) is 0 Å². The number of ether oxygens (including phenoxy) is 1. The predicted octanol–water partition coefficient (Wildman–Crippen LogP) is 4.10. The Morgan fingerprint density at radius 1 is 1.00 bits per heavy atom. The molecule has 0 bridgehead atoms. The fourth-order valence-electron chi connectivity index (χ4n) is 4.09. The predicted molar refractivity (Wildman–Crippen MR) is 152 cm³/mol. The van der Waals surface area contributed by atoms with Crippen molar-refractivity contribution in [2.45, 2.75) is 13.0 Å². The van der Waals surface area contributed by atoms with Crippen LogP contribution in [0.3, 0.4) is 0 Å². The van der Waals surface area contributed by atoms with E-state index >= 15 is 4.39 Å². The normalized spacial score (nSPS) is 11.3. The fraction of sp³-hybridized carbons (Fsp3) is 0.214. The zero-order valence-corrected chi connectivity index (χ0v) is 23.2. The van der Waals surface area contributed by atoms with E-state index in [-0.39, 0.29) is 41.1 Å². The van der Waals surface area contributed by atoms with Crippen molar-refractivity contribution in [3.05, 3.63) is 99.7 Å². The van der Waals surface area contributed by atoms with Gasteiger partial charge in [0.1, 0.15) is 11.3 Å². The highest BCUT2D eigenvalue weighted by molar-refractivity contribution is 7.90. The van der Waals surface area contributed by atoms with Gasteiger partial charge in [0.25, 0.3) is 10.2 Å². The lowest BCUT2D eigenvalue weighted by Gasteiger charge is -2.22. The molecule has 0 aliphatic heterocycles. The van der Waals surface area contributed by atoms with Crippen molar-refractivity contribution in [2.24, 2.45) is 0 Å². The third-order valence-corrected chi connectivity index (χ3v) is 7.24. The van der Waals surface area contributed by atoms with Crippen molar-refractivity contribution >= 4 is 38.6 Å². The number of carbonyl (C=O) groups is 1. The second kappa shape index (κ2) is 11.8. The number of benzene rings is 3. The topological polar surface area (TPSA) is 121 Å². The summed E-state index contributed by atoms with van der Waals surface area (Å²) in [5, 5.41) is 0.578. The van der Waals surface area contributed by atoms with Crippen LogP contribution in [0.1, 0.15) is 16.7 Å². The van der Waals surface area contributed by atoms with Gasteiger partial charge in [-0.1, -0.05) is 30.3 Å². The number of para-hydroxylation sites is 1. The summed E-state index contributed by atoms with van der Waals surface area (Å²) in [6.07, 6.45) is -0.749. The van der Waals surface area contributed by atoms with E-state index in [1.807, 2.05) is 42.3 Å². The van der Waals surface area contributed by atoms with Crippen LogP contribution in [0.2, 0.25) is 0 Å². The zero-order chi connectivity index (χ0) is 29.0. The van der Waals surface area contributed by atoms with Gasteiger partial charge in [0, 0.05) is 63.9 Å². The van der Waals surface area contributed by atoms with E-state index in [0.717, 1.165) is 5.69 Å². The Morgan fingerprint density at radius 3 is 2.40 bits per heavy atom. The Morgan fingerprint density at radius 2 is 1.73 bits per heavy atom. The van der Waals surface area contributed by atoms with Crippen LogP contribution < -0.4 is 24.7 Å². The molecule has 0 unspecified atom stereocenters. The van der Waals surface area contributed by atoms with Crippen LogP contribution in [0.25, 0.3) is 11.0 Å². The number of hydrogen-bond acceptors (Lipinski definition) is 7. The molecule has 0 spiro atoms. The van der Waals surface area contributed by atoms with Gasteiger partial charge in [-0.25, -0.2) is 18.7 Å². The van der Waals surface area contributed by atoms with Crippen molar-refractivity contribution < 1.29 is 26.8 Å². The molecule has 10 nitrogen and oxygen atoms in total. The van der Waals surface area contributed by atoms with Crippen molar-refractivity contribution in [1.82, 2.24) is 9.62 Å². The molecule has 2 N–H and O–H groups in total. The van der Waals surface area contributed by atoms with Gasteiger partial charge in [-0.05, 0) is 41.5 Å². The van der Waals surface area contributed by atoms with Gasteiger partial charge in [-0.2, -0.15) is 8.42 Å². The highest BCUT2D eigenvalue weighted by Gasteiger charge is 2.21. The summed E-state index contributed by atoms with van der Waals surface area (Å²) in [4.78, 5) is 28.6. The van der Waals surface area contributed by atoms with Gasteiger partial charge in [-0.3, -0.25) is 4.72 Å². The van der Waals surface area contributed by atoms with Gasteiger partial charge in [0.05, 0.1) is 5.69 Å². The summed E-state index contributed by atoms with van der Waals surface area (Å²) in [6, 6.07) is 18.5. The Kier molecular flexibility index (Phi) is 8.40. The van der Waals surface area contributed by atoms with Gasteiger partial charge < -0.3 is 19.0 Å². The first-order valence-electron chi connectivity index (χ1n) is 12.2. The summed E-state index contributed by atoms with van der Waals surface area (Å²) < 4.78 is 54.5. The molecule has 210 valence electrons. The largest absolute Gasteiger partial charge is 0.422 e. The molecule has 0 saturated heterocycles. The van der Waals surface area contributed by atoms with E-state index in [9.17, 15) is 18.0 Å². The maximum atomic E-state index is 15.4. The van der Waals surface area contributed by atoms with Gasteiger partial charge in [0.15, 0.2) is 5.82 Å². The Labute approximate surface area is 231 Å². The number of halogens is 1. The summed E-state index contributed by atoms with van der Waals surface area (Å²) in [6.45, 7) is 0.270. The molecule has 0 aliphatic carbocycles. The minimum absolute atomic E-state index is 0.100. The van der Waals surface area contributed by atoms with Crippen LogP contribution in [-0.4, -0.2) is 47.6 Å². The average Bonchev–Trinajstić information content (AvgIpc) is 2.92. The lowest BCUT2D eigenvalue weighted by Crippen LogP contribution is -2.27.